The third-order valence-corrected chi connectivity index (χ3v) is 4.80. The first-order chi connectivity index (χ1) is 11.6. The highest BCUT2D eigenvalue weighted by atomic mass is 32.1. The molecule has 2 aromatic heterocycles. The highest BCUT2D eigenvalue weighted by Crippen LogP contribution is 2.27. The van der Waals surface area contributed by atoms with Gasteiger partial charge < -0.3 is 10.2 Å². The molecular formula is C15H20N6O2S. The van der Waals surface area contributed by atoms with Crippen LogP contribution >= 0.6 is 11.3 Å². The number of rotatable bonds is 4. The number of aromatic nitrogens is 4. The Morgan fingerprint density at radius 3 is 2.75 bits per heavy atom. The Hall–Kier alpha value is -2.29. The summed E-state index contributed by atoms with van der Waals surface area (Å²) in [5.41, 5.74) is 0.383. The van der Waals surface area contributed by atoms with Gasteiger partial charge in [0.25, 0.3) is 5.91 Å². The van der Waals surface area contributed by atoms with Gasteiger partial charge in [0.2, 0.25) is 5.91 Å². The SMILES string of the molecule is CCc1nc(C2CCN(C(=O)c3csc(NC(C)=O)n3)CC2)n[nH]1. The van der Waals surface area contributed by atoms with Crippen LogP contribution in [0.2, 0.25) is 0 Å². The van der Waals surface area contributed by atoms with Crippen LogP contribution in [0.5, 0.6) is 0 Å². The van der Waals surface area contributed by atoms with E-state index in [1.165, 1.54) is 18.3 Å². The van der Waals surface area contributed by atoms with Gasteiger partial charge in [0.15, 0.2) is 11.0 Å². The number of aromatic amines is 1. The van der Waals surface area contributed by atoms with Gasteiger partial charge in [0.1, 0.15) is 11.5 Å². The van der Waals surface area contributed by atoms with Crippen LogP contribution in [0.1, 0.15) is 54.7 Å². The summed E-state index contributed by atoms with van der Waals surface area (Å²) in [6.45, 7) is 4.77. The number of nitrogens with zero attached hydrogens (tertiary/aromatic N) is 4. The number of aryl methyl sites for hydroxylation is 1. The number of likely N-dealkylation sites (tertiary alicyclic amines) is 1. The highest BCUT2D eigenvalue weighted by Gasteiger charge is 2.27. The molecule has 2 aromatic rings. The summed E-state index contributed by atoms with van der Waals surface area (Å²) < 4.78 is 0. The third-order valence-electron chi connectivity index (χ3n) is 4.04. The number of hydrogen-bond donors (Lipinski definition) is 2. The molecule has 1 aliphatic heterocycles. The average molecular weight is 348 g/mol. The molecule has 0 aromatic carbocycles. The summed E-state index contributed by atoms with van der Waals surface area (Å²) >= 11 is 1.26. The lowest BCUT2D eigenvalue weighted by Crippen LogP contribution is -2.38. The largest absolute Gasteiger partial charge is 0.337 e. The predicted molar refractivity (Wildman–Crippen MR) is 90.1 cm³/mol. The second kappa shape index (κ2) is 7.08. The maximum absolute atomic E-state index is 12.5. The second-order valence-corrected chi connectivity index (χ2v) is 6.64. The Labute approximate surface area is 143 Å². The van der Waals surface area contributed by atoms with Crippen molar-refractivity contribution in [3.05, 3.63) is 22.7 Å². The number of piperidine rings is 1. The van der Waals surface area contributed by atoms with Crippen molar-refractivity contribution in [2.45, 2.75) is 39.0 Å². The standard InChI is InChI=1S/C15H20N6O2S/c1-3-12-18-13(20-19-12)10-4-6-21(7-5-10)14(23)11-8-24-15(17-11)16-9(2)22/h8,10H,3-7H2,1-2H3,(H,16,17,22)(H,18,19,20). The topological polar surface area (TPSA) is 104 Å². The minimum atomic E-state index is -0.192. The maximum atomic E-state index is 12.5. The van der Waals surface area contributed by atoms with Crippen molar-refractivity contribution in [2.75, 3.05) is 18.4 Å². The zero-order valence-electron chi connectivity index (χ0n) is 13.7. The number of anilines is 1. The third kappa shape index (κ3) is 3.61. The number of carbonyl (C=O) groups excluding carboxylic acids is 2. The van der Waals surface area contributed by atoms with Gasteiger partial charge >= 0.3 is 0 Å². The molecule has 2 N–H and O–H groups in total. The first kappa shape index (κ1) is 16.6. The van der Waals surface area contributed by atoms with Crippen molar-refractivity contribution in [2.24, 2.45) is 0 Å². The summed E-state index contributed by atoms with van der Waals surface area (Å²) in [6.07, 6.45) is 2.52. The van der Waals surface area contributed by atoms with Crippen LogP contribution in [0.15, 0.2) is 5.38 Å². The lowest BCUT2D eigenvalue weighted by molar-refractivity contribution is -0.114. The molecular weight excluding hydrogens is 328 g/mol. The van der Waals surface area contributed by atoms with Crippen LogP contribution < -0.4 is 5.32 Å². The molecule has 0 bridgehead atoms. The fourth-order valence-electron chi connectivity index (χ4n) is 2.73. The van der Waals surface area contributed by atoms with Crippen LogP contribution in [0.25, 0.3) is 0 Å². The molecule has 0 unspecified atom stereocenters. The van der Waals surface area contributed by atoms with E-state index in [2.05, 4.69) is 25.5 Å². The van der Waals surface area contributed by atoms with Gasteiger partial charge in [-0.1, -0.05) is 6.92 Å². The van der Waals surface area contributed by atoms with Gasteiger partial charge in [-0.05, 0) is 12.8 Å². The van der Waals surface area contributed by atoms with Gasteiger partial charge in [-0.3, -0.25) is 14.7 Å². The maximum Gasteiger partial charge on any atom is 0.273 e. The fourth-order valence-corrected chi connectivity index (χ4v) is 3.46. The van der Waals surface area contributed by atoms with Gasteiger partial charge in [0, 0.05) is 37.7 Å². The van der Waals surface area contributed by atoms with E-state index in [1.807, 2.05) is 6.92 Å². The van der Waals surface area contributed by atoms with Gasteiger partial charge in [-0.2, -0.15) is 5.10 Å². The molecule has 3 rings (SSSR count). The molecule has 3 heterocycles. The van der Waals surface area contributed by atoms with E-state index in [-0.39, 0.29) is 17.7 Å². The Morgan fingerprint density at radius 1 is 1.38 bits per heavy atom. The summed E-state index contributed by atoms with van der Waals surface area (Å²) in [4.78, 5) is 34.0. The zero-order valence-corrected chi connectivity index (χ0v) is 14.5. The fraction of sp³-hybridized carbons (Fsp3) is 0.533. The lowest BCUT2D eigenvalue weighted by atomic mass is 9.96. The van der Waals surface area contributed by atoms with Gasteiger partial charge in [-0.25, -0.2) is 9.97 Å². The molecule has 0 aliphatic carbocycles. The summed E-state index contributed by atoms with van der Waals surface area (Å²) in [7, 11) is 0. The normalized spacial score (nSPS) is 15.5. The molecule has 2 amide bonds. The van der Waals surface area contributed by atoms with Crippen LogP contribution in [-0.4, -0.2) is 50.0 Å². The number of H-pyrrole nitrogens is 1. The van der Waals surface area contributed by atoms with Crippen molar-refractivity contribution < 1.29 is 9.59 Å². The highest BCUT2D eigenvalue weighted by molar-refractivity contribution is 7.14. The van der Waals surface area contributed by atoms with E-state index in [4.69, 9.17) is 0 Å². The Bertz CT molecular complexity index is 732. The van der Waals surface area contributed by atoms with Crippen molar-refractivity contribution in [3.63, 3.8) is 0 Å². The van der Waals surface area contributed by atoms with Gasteiger partial charge in [-0.15, -0.1) is 11.3 Å². The summed E-state index contributed by atoms with van der Waals surface area (Å²) in [5.74, 6) is 1.75. The van der Waals surface area contributed by atoms with E-state index < -0.39 is 0 Å². The van der Waals surface area contributed by atoms with E-state index in [1.54, 1.807) is 10.3 Å². The Morgan fingerprint density at radius 2 is 2.12 bits per heavy atom. The molecule has 0 atom stereocenters. The van der Waals surface area contributed by atoms with E-state index in [9.17, 15) is 9.59 Å². The molecule has 8 nitrogen and oxygen atoms in total. The quantitative estimate of drug-likeness (QED) is 0.877. The monoisotopic (exact) mass is 348 g/mol. The van der Waals surface area contributed by atoms with Crippen LogP contribution in [0, 0.1) is 0 Å². The number of amides is 2. The Balaban J connectivity index is 1.58. The first-order valence-corrected chi connectivity index (χ1v) is 8.88. The van der Waals surface area contributed by atoms with Gasteiger partial charge in [0.05, 0.1) is 0 Å². The lowest BCUT2D eigenvalue weighted by Gasteiger charge is -2.30. The minimum Gasteiger partial charge on any atom is -0.337 e. The molecule has 128 valence electrons. The number of nitrogens with one attached hydrogen (secondary N) is 2. The number of hydrogen-bond acceptors (Lipinski definition) is 6. The molecule has 1 aliphatic rings. The minimum absolute atomic E-state index is 0.0921. The first-order valence-electron chi connectivity index (χ1n) is 8.00. The molecule has 0 saturated carbocycles. The van der Waals surface area contributed by atoms with Crippen molar-refractivity contribution in [1.29, 1.82) is 0 Å². The molecule has 0 spiro atoms. The van der Waals surface area contributed by atoms with E-state index in [0.29, 0.717) is 23.9 Å². The zero-order chi connectivity index (χ0) is 17.1. The Kier molecular flexibility index (Phi) is 4.89. The second-order valence-electron chi connectivity index (χ2n) is 5.78. The van der Waals surface area contributed by atoms with E-state index >= 15 is 0 Å². The predicted octanol–water partition coefficient (Wildman–Crippen LogP) is 1.80. The average Bonchev–Trinajstić information content (AvgIpc) is 3.23. The van der Waals surface area contributed by atoms with Crippen LogP contribution in [0.3, 0.4) is 0 Å². The number of thiazole rings is 1. The molecule has 24 heavy (non-hydrogen) atoms. The molecule has 1 saturated heterocycles. The molecule has 9 heteroatoms. The van der Waals surface area contributed by atoms with E-state index in [0.717, 1.165) is 30.9 Å². The summed E-state index contributed by atoms with van der Waals surface area (Å²) in [6, 6.07) is 0. The smallest absolute Gasteiger partial charge is 0.273 e. The van der Waals surface area contributed by atoms with Crippen LogP contribution in [0.4, 0.5) is 5.13 Å². The van der Waals surface area contributed by atoms with Crippen LogP contribution in [-0.2, 0) is 11.2 Å². The van der Waals surface area contributed by atoms with Crippen molar-refractivity contribution in [3.8, 4) is 0 Å². The molecule has 1 fully saturated rings. The summed E-state index contributed by atoms with van der Waals surface area (Å²) in [5, 5.41) is 12.0. The number of carbonyl (C=O) groups is 2. The van der Waals surface area contributed by atoms with Crippen molar-refractivity contribution in [1.82, 2.24) is 25.1 Å². The van der Waals surface area contributed by atoms with Crippen molar-refractivity contribution >= 4 is 28.3 Å². The molecule has 0 radical (unpaired) electrons.